The van der Waals surface area contributed by atoms with Crippen molar-refractivity contribution in [2.45, 2.75) is 26.2 Å². The van der Waals surface area contributed by atoms with E-state index >= 15 is 0 Å². The number of aromatic nitrogens is 1. The predicted molar refractivity (Wildman–Crippen MR) is 76.5 cm³/mol. The number of hydrogen-bond acceptors (Lipinski definition) is 6. The molecule has 0 bridgehead atoms. The molecule has 2 heterocycles. The lowest BCUT2D eigenvalue weighted by molar-refractivity contribution is -0.119. The zero-order valence-corrected chi connectivity index (χ0v) is 12.3. The van der Waals surface area contributed by atoms with Crippen LogP contribution in [-0.4, -0.2) is 23.6 Å². The van der Waals surface area contributed by atoms with E-state index in [9.17, 15) is 9.59 Å². The summed E-state index contributed by atoms with van der Waals surface area (Å²) in [4.78, 5) is 25.3. The van der Waals surface area contributed by atoms with Crippen LogP contribution in [0.25, 0.3) is 0 Å². The first kappa shape index (κ1) is 13.8. The molecule has 6 nitrogen and oxygen atoms in total. The summed E-state index contributed by atoms with van der Waals surface area (Å²) in [6, 6.07) is 3.45. The molecule has 0 aromatic carbocycles. The van der Waals surface area contributed by atoms with Gasteiger partial charge in [-0.1, -0.05) is 5.16 Å². The molecule has 1 aliphatic carbocycles. The summed E-state index contributed by atoms with van der Waals surface area (Å²) in [5.41, 5.74) is 1.89. The quantitative estimate of drug-likeness (QED) is 0.877. The minimum Gasteiger partial charge on any atom is -0.451 e. The molecule has 0 aliphatic heterocycles. The van der Waals surface area contributed by atoms with Gasteiger partial charge in [0.1, 0.15) is 4.88 Å². The van der Waals surface area contributed by atoms with Crippen LogP contribution in [0.4, 0.5) is 5.88 Å². The zero-order chi connectivity index (χ0) is 14.8. The second kappa shape index (κ2) is 5.69. The Morgan fingerprint density at radius 1 is 1.43 bits per heavy atom. The number of hydrogen-bond donors (Lipinski definition) is 1. The summed E-state index contributed by atoms with van der Waals surface area (Å²) in [5.74, 6) is -0.675. The van der Waals surface area contributed by atoms with Gasteiger partial charge >= 0.3 is 5.97 Å². The van der Waals surface area contributed by atoms with Crippen LogP contribution in [0.15, 0.2) is 16.7 Å². The minimum atomic E-state index is -0.460. The number of esters is 1. The van der Waals surface area contributed by atoms with E-state index in [1.54, 1.807) is 13.0 Å². The van der Waals surface area contributed by atoms with Gasteiger partial charge in [0, 0.05) is 10.9 Å². The maximum Gasteiger partial charge on any atom is 0.348 e. The molecule has 1 N–H and O–H groups in total. The van der Waals surface area contributed by atoms with Crippen LogP contribution in [0.3, 0.4) is 0 Å². The van der Waals surface area contributed by atoms with E-state index in [0.717, 1.165) is 19.3 Å². The van der Waals surface area contributed by atoms with Crippen LogP contribution in [0.5, 0.6) is 0 Å². The Hall–Kier alpha value is -2.15. The van der Waals surface area contributed by atoms with Gasteiger partial charge in [0.05, 0.1) is 5.69 Å². The molecule has 0 saturated carbocycles. The Labute approximate surface area is 125 Å². The molecule has 0 saturated heterocycles. The van der Waals surface area contributed by atoms with Crippen molar-refractivity contribution in [3.05, 3.63) is 33.1 Å². The molecule has 1 amide bonds. The molecule has 110 valence electrons. The lowest BCUT2D eigenvalue weighted by Crippen LogP contribution is -2.20. The summed E-state index contributed by atoms with van der Waals surface area (Å²) in [6.07, 6.45) is 3.19. The summed E-state index contributed by atoms with van der Waals surface area (Å²) in [7, 11) is 0. The van der Waals surface area contributed by atoms with Gasteiger partial charge in [-0.05, 0) is 37.8 Å². The third-order valence-electron chi connectivity index (χ3n) is 3.17. The van der Waals surface area contributed by atoms with E-state index in [1.807, 2.05) is 6.07 Å². The predicted octanol–water partition coefficient (Wildman–Crippen LogP) is 2.33. The van der Waals surface area contributed by atoms with Crippen LogP contribution in [0.2, 0.25) is 0 Å². The fourth-order valence-electron chi connectivity index (χ4n) is 2.23. The van der Waals surface area contributed by atoms with E-state index < -0.39 is 11.9 Å². The fraction of sp³-hybridized carbons (Fsp3) is 0.357. The van der Waals surface area contributed by atoms with Gasteiger partial charge < -0.3 is 9.26 Å². The highest BCUT2D eigenvalue weighted by Crippen LogP contribution is 2.30. The molecule has 0 fully saturated rings. The molecule has 21 heavy (non-hydrogen) atoms. The Bertz CT molecular complexity index is 667. The van der Waals surface area contributed by atoms with Gasteiger partial charge in [-0.25, -0.2) is 4.79 Å². The number of carbonyl (C=O) groups is 2. The molecule has 0 radical (unpaired) electrons. The first-order valence-electron chi connectivity index (χ1n) is 6.63. The number of fused-ring (bicyclic) bond motifs is 1. The molecular formula is C14H14N2O4S. The second-order valence-electron chi connectivity index (χ2n) is 4.87. The van der Waals surface area contributed by atoms with Crippen LogP contribution < -0.4 is 5.32 Å². The van der Waals surface area contributed by atoms with Gasteiger partial charge in [-0.15, -0.1) is 11.3 Å². The third kappa shape index (κ3) is 3.13. The van der Waals surface area contributed by atoms with Crippen molar-refractivity contribution in [1.82, 2.24) is 5.16 Å². The van der Waals surface area contributed by atoms with Gasteiger partial charge in [-0.3, -0.25) is 10.1 Å². The molecule has 2 aromatic rings. The smallest absolute Gasteiger partial charge is 0.348 e. The van der Waals surface area contributed by atoms with Crippen molar-refractivity contribution in [3.63, 3.8) is 0 Å². The topological polar surface area (TPSA) is 81.4 Å². The number of nitrogens with zero attached hydrogens (tertiary/aromatic N) is 1. The molecule has 0 unspecified atom stereocenters. The first-order valence-corrected chi connectivity index (χ1v) is 7.45. The molecular weight excluding hydrogens is 292 g/mol. The summed E-state index contributed by atoms with van der Waals surface area (Å²) >= 11 is 1.45. The SMILES string of the molecule is Cc1cc(NC(=O)COC(=O)c2cc3c(s2)CCC3)on1. The molecule has 3 rings (SSSR count). The largest absolute Gasteiger partial charge is 0.451 e. The highest BCUT2D eigenvalue weighted by atomic mass is 32.1. The van der Waals surface area contributed by atoms with Crippen molar-refractivity contribution in [2.24, 2.45) is 0 Å². The van der Waals surface area contributed by atoms with Crippen molar-refractivity contribution >= 4 is 29.1 Å². The van der Waals surface area contributed by atoms with Gasteiger partial charge in [-0.2, -0.15) is 0 Å². The van der Waals surface area contributed by atoms with E-state index in [2.05, 4.69) is 10.5 Å². The third-order valence-corrected chi connectivity index (χ3v) is 4.39. The molecule has 0 atom stereocenters. The van der Waals surface area contributed by atoms with Gasteiger partial charge in [0.15, 0.2) is 6.61 Å². The second-order valence-corrected chi connectivity index (χ2v) is 6.01. The molecule has 2 aromatic heterocycles. The van der Waals surface area contributed by atoms with Gasteiger partial charge in [0.2, 0.25) is 5.88 Å². The maximum absolute atomic E-state index is 11.9. The number of rotatable bonds is 4. The van der Waals surface area contributed by atoms with E-state index in [0.29, 0.717) is 10.6 Å². The highest BCUT2D eigenvalue weighted by Gasteiger charge is 2.20. The van der Waals surface area contributed by atoms with E-state index in [1.165, 1.54) is 21.8 Å². The zero-order valence-electron chi connectivity index (χ0n) is 11.5. The summed E-state index contributed by atoms with van der Waals surface area (Å²) < 4.78 is 9.85. The number of ether oxygens (including phenoxy) is 1. The molecule has 0 spiro atoms. The Morgan fingerprint density at radius 2 is 2.29 bits per heavy atom. The minimum absolute atomic E-state index is 0.239. The van der Waals surface area contributed by atoms with Crippen molar-refractivity contribution < 1.29 is 18.8 Å². The lowest BCUT2D eigenvalue weighted by atomic mass is 10.2. The summed E-state index contributed by atoms with van der Waals surface area (Å²) in [6.45, 7) is 1.40. The highest BCUT2D eigenvalue weighted by molar-refractivity contribution is 7.14. The Morgan fingerprint density at radius 3 is 3.00 bits per heavy atom. The van der Waals surface area contributed by atoms with Crippen LogP contribution in [-0.2, 0) is 22.4 Å². The number of thiophene rings is 1. The number of amides is 1. The van der Waals surface area contributed by atoms with Crippen LogP contribution in [0, 0.1) is 6.92 Å². The van der Waals surface area contributed by atoms with Gasteiger partial charge in [0.25, 0.3) is 5.91 Å². The first-order chi connectivity index (χ1) is 10.1. The molecule has 1 aliphatic rings. The number of carbonyl (C=O) groups excluding carboxylic acids is 2. The number of aryl methyl sites for hydroxylation is 3. The van der Waals surface area contributed by atoms with Crippen LogP contribution in [0.1, 0.15) is 32.2 Å². The molecule has 7 heteroatoms. The Kier molecular flexibility index (Phi) is 3.74. The standard InChI is InChI=1S/C14H14N2O4S/c1-8-5-13(20-16-8)15-12(17)7-19-14(18)11-6-9-3-2-4-10(9)21-11/h5-6H,2-4,7H2,1H3,(H,15,17). The fourth-order valence-corrected chi connectivity index (χ4v) is 3.38. The summed E-state index contributed by atoms with van der Waals surface area (Å²) in [5, 5.41) is 6.11. The van der Waals surface area contributed by atoms with Crippen LogP contribution >= 0.6 is 11.3 Å². The normalized spacial score (nSPS) is 13.0. The number of anilines is 1. The van der Waals surface area contributed by atoms with Crippen molar-refractivity contribution in [3.8, 4) is 0 Å². The average Bonchev–Trinajstić information content (AvgIpc) is 3.11. The van der Waals surface area contributed by atoms with Crippen molar-refractivity contribution in [1.29, 1.82) is 0 Å². The average molecular weight is 306 g/mol. The lowest BCUT2D eigenvalue weighted by Gasteiger charge is -2.02. The van der Waals surface area contributed by atoms with E-state index in [-0.39, 0.29) is 12.5 Å². The van der Waals surface area contributed by atoms with E-state index in [4.69, 9.17) is 9.26 Å². The number of nitrogens with one attached hydrogen (secondary N) is 1. The monoisotopic (exact) mass is 306 g/mol. The Balaban J connectivity index is 1.52. The maximum atomic E-state index is 11.9. The van der Waals surface area contributed by atoms with Crippen molar-refractivity contribution in [2.75, 3.05) is 11.9 Å².